The maximum absolute atomic E-state index is 6.22. The number of aryl methyl sites for hydroxylation is 1. The van der Waals surface area contributed by atoms with Crippen LogP contribution in [0.15, 0.2) is 73.1 Å². The average molecular weight is 422 g/mol. The van der Waals surface area contributed by atoms with E-state index in [0.717, 1.165) is 40.1 Å². The number of imidazole rings is 1. The van der Waals surface area contributed by atoms with Gasteiger partial charge in [0.25, 0.3) is 0 Å². The molecule has 5 rings (SSSR count). The van der Waals surface area contributed by atoms with Gasteiger partial charge in [-0.05, 0) is 60.5 Å². The lowest BCUT2D eigenvalue weighted by Gasteiger charge is -2.11. The Bertz CT molecular complexity index is 1410. The number of pyridine rings is 3. The molecule has 4 aromatic heterocycles. The van der Waals surface area contributed by atoms with Gasteiger partial charge in [0.05, 0.1) is 23.9 Å². The Kier molecular flexibility index (Phi) is 4.99. The van der Waals surface area contributed by atoms with Gasteiger partial charge in [-0.3, -0.25) is 4.57 Å². The van der Waals surface area contributed by atoms with E-state index in [1.54, 1.807) is 19.5 Å². The molecule has 0 bridgehead atoms. The number of methoxy groups -OCH3 is 1. The Morgan fingerprint density at radius 3 is 2.34 bits per heavy atom. The van der Waals surface area contributed by atoms with Crippen molar-refractivity contribution in [1.82, 2.24) is 24.5 Å². The van der Waals surface area contributed by atoms with Crippen LogP contribution in [0.3, 0.4) is 0 Å². The predicted octanol–water partition coefficient (Wildman–Crippen LogP) is 4.70. The van der Waals surface area contributed by atoms with Gasteiger partial charge >= 0.3 is 0 Å². The summed E-state index contributed by atoms with van der Waals surface area (Å²) in [6.07, 6.45) is 4.34. The Balaban J connectivity index is 1.79. The zero-order chi connectivity index (χ0) is 22.1. The fraction of sp³-hybridized carbons (Fsp3) is 0.120. The van der Waals surface area contributed by atoms with E-state index in [4.69, 9.17) is 20.4 Å². The number of ether oxygens (including phenoxy) is 1. The van der Waals surface area contributed by atoms with Crippen molar-refractivity contribution in [3.8, 4) is 34.2 Å². The number of rotatable bonds is 5. The minimum Gasteiger partial charge on any atom is -0.481 e. The highest BCUT2D eigenvalue weighted by Crippen LogP contribution is 2.33. The highest BCUT2D eigenvalue weighted by molar-refractivity contribution is 5.85. The topological polar surface area (TPSA) is 91.7 Å². The van der Waals surface area contributed by atoms with Crippen LogP contribution in [-0.4, -0.2) is 31.6 Å². The van der Waals surface area contributed by atoms with Crippen molar-refractivity contribution >= 4 is 17.0 Å². The summed E-state index contributed by atoms with van der Waals surface area (Å²) in [6, 6.07) is 19.9. The Morgan fingerprint density at radius 1 is 0.875 bits per heavy atom. The molecular formula is C25H22N6O. The quantitative estimate of drug-likeness (QED) is 0.441. The SMILES string of the molecule is CCc1ccc(-n2c(-c3cccnc3N)nc3ccc(-c4cccnc4OC)nc32)cc1. The maximum Gasteiger partial charge on any atom is 0.222 e. The van der Waals surface area contributed by atoms with Gasteiger partial charge in [-0.1, -0.05) is 19.1 Å². The van der Waals surface area contributed by atoms with Crippen molar-refractivity contribution in [2.45, 2.75) is 13.3 Å². The van der Waals surface area contributed by atoms with E-state index in [9.17, 15) is 0 Å². The summed E-state index contributed by atoms with van der Waals surface area (Å²) in [5, 5.41) is 0. The number of fused-ring (bicyclic) bond motifs is 1. The van der Waals surface area contributed by atoms with Crippen LogP contribution in [0.1, 0.15) is 12.5 Å². The van der Waals surface area contributed by atoms with Crippen LogP contribution in [-0.2, 0) is 6.42 Å². The number of benzene rings is 1. The highest BCUT2D eigenvalue weighted by atomic mass is 16.5. The molecular weight excluding hydrogens is 400 g/mol. The lowest BCUT2D eigenvalue weighted by molar-refractivity contribution is 0.399. The summed E-state index contributed by atoms with van der Waals surface area (Å²) in [5.41, 5.74) is 12.2. The average Bonchev–Trinajstić information content (AvgIpc) is 3.22. The van der Waals surface area contributed by atoms with Gasteiger partial charge in [-0.15, -0.1) is 0 Å². The predicted molar refractivity (Wildman–Crippen MR) is 126 cm³/mol. The molecule has 7 nitrogen and oxygen atoms in total. The molecule has 5 aromatic rings. The van der Waals surface area contributed by atoms with E-state index in [1.165, 1.54) is 5.56 Å². The second-order valence-corrected chi connectivity index (χ2v) is 7.33. The minimum atomic E-state index is 0.420. The normalized spacial score (nSPS) is 11.1. The standard InChI is InChI=1S/C25H22N6O/c1-3-16-8-10-17(11-9-16)31-23(19-7-5-14-27-22(19)26)30-21-13-12-20(29-24(21)31)18-6-4-15-28-25(18)32-2/h4-15H,3H2,1-2H3,(H2,26,27). The molecule has 0 fully saturated rings. The number of nitrogens with zero attached hydrogens (tertiary/aromatic N) is 5. The van der Waals surface area contributed by atoms with E-state index in [0.29, 0.717) is 17.5 Å². The van der Waals surface area contributed by atoms with Gasteiger partial charge in [0, 0.05) is 18.1 Å². The van der Waals surface area contributed by atoms with Crippen molar-refractivity contribution in [1.29, 1.82) is 0 Å². The van der Waals surface area contributed by atoms with E-state index >= 15 is 0 Å². The number of nitrogens with two attached hydrogens (primary N) is 1. The molecule has 0 atom stereocenters. The van der Waals surface area contributed by atoms with Gasteiger partial charge in [0.1, 0.15) is 11.3 Å². The fourth-order valence-electron chi connectivity index (χ4n) is 3.77. The number of anilines is 1. The molecule has 0 unspecified atom stereocenters. The van der Waals surface area contributed by atoms with Crippen LogP contribution in [0.4, 0.5) is 5.82 Å². The van der Waals surface area contributed by atoms with E-state index in [2.05, 4.69) is 41.2 Å². The van der Waals surface area contributed by atoms with Crippen molar-refractivity contribution < 1.29 is 4.74 Å². The Hall–Kier alpha value is -4.26. The zero-order valence-corrected chi connectivity index (χ0v) is 17.9. The fourth-order valence-corrected chi connectivity index (χ4v) is 3.77. The molecule has 158 valence electrons. The van der Waals surface area contributed by atoms with Crippen LogP contribution in [0.25, 0.3) is 39.5 Å². The van der Waals surface area contributed by atoms with Crippen LogP contribution in [0.2, 0.25) is 0 Å². The van der Waals surface area contributed by atoms with Crippen molar-refractivity contribution in [2.75, 3.05) is 12.8 Å². The first-order valence-electron chi connectivity index (χ1n) is 10.4. The molecule has 1 aromatic carbocycles. The second kappa shape index (κ2) is 8.11. The first-order valence-corrected chi connectivity index (χ1v) is 10.4. The van der Waals surface area contributed by atoms with E-state index < -0.39 is 0 Å². The van der Waals surface area contributed by atoms with Crippen LogP contribution in [0.5, 0.6) is 5.88 Å². The van der Waals surface area contributed by atoms with Crippen molar-refractivity contribution in [3.63, 3.8) is 0 Å². The molecule has 4 heterocycles. The number of aromatic nitrogens is 5. The van der Waals surface area contributed by atoms with E-state index in [1.807, 2.05) is 41.0 Å². The molecule has 0 saturated heterocycles. The monoisotopic (exact) mass is 422 g/mol. The molecule has 0 spiro atoms. The molecule has 0 amide bonds. The summed E-state index contributed by atoms with van der Waals surface area (Å²) in [6.45, 7) is 2.14. The summed E-state index contributed by atoms with van der Waals surface area (Å²) in [5.74, 6) is 1.63. The molecule has 0 aliphatic heterocycles. The molecule has 2 N–H and O–H groups in total. The lowest BCUT2D eigenvalue weighted by Crippen LogP contribution is -2.02. The Morgan fingerprint density at radius 2 is 1.62 bits per heavy atom. The largest absolute Gasteiger partial charge is 0.481 e. The molecule has 32 heavy (non-hydrogen) atoms. The summed E-state index contributed by atoms with van der Waals surface area (Å²) < 4.78 is 7.47. The van der Waals surface area contributed by atoms with E-state index in [-0.39, 0.29) is 0 Å². The summed E-state index contributed by atoms with van der Waals surface area (Å²) in [4.78, 5) is 18.4. The number of nitrogen functional groups attached to an aromatic ring is 1. The van der Waals surface area contributed by atoms with Gasteiger partial charge in [0.2, 0.25) is 5.88 Å². The molecule has 0 saturated carbocycles. The third kappa shape index (κ3) is 3.33. The molecule has 0 aliphatic carbocycles. The van der Waals surface area contributed by atoms with Gasteiger partial charge in [0.15, 0.2) is 11.5 Å². The zero-order valence-electron chi connectivity index (χ0n) is 17.9. The second-order valence-electron chi connectivity index (χ2n) is 7.33. The van der Waals surface area contributed by atoms with Gasteiger partial charge < -0.3 is 10.5 Å². The summed E-state index contributed by atoms with van der Waals surface area (Å²) >= 11 is 0. The number of hydrogen-bond donors (Lipinski definition) is 1. The maximum atomic E-state index is 6.22. The highest BCUT2D eigenvalue weighted by Gasteiger charge is 2.19. The third-order valence-electron chi connectivity index (χ3n) is 5.43. The first-order chi connectivity index (χ1) is 15.7. The lowest BCUT2D eigenvalue weighted by atomic mass is 10.1. The van der Waals surface area contributed by atoms with Gasteiger partial charge in [-0.2, -0.15) is 0 Å². The van der Waals surface area contributed by atoms with Crippen LogP contribution < -0.4 is 10.5 Å². The molecule has 7 heteroatoms. The Labute approximate surface area is 185 Å². The van der Waals surface area contributed by atoms with Crippen LogP contribution in [0, 0.1) is 0 Å². The first kappa shape index (κ1) is 19.7. The molecule has 0 aliphatic rings. The third-order valence-corrected chi connectivity index (χ3v) is 5.43. The summed E-state index contributed by atoms with van der Waals surface area (Å²) in [7, 11) is 1.60. The minimum absolute atomic E-state index is 0.420. The van der Waals surface area contributed by atoms with Crippen molar-refractivity contribution in [2.24, 2.45) is 0 Å². The van der Waals surface area contributed by atoms with Gasteiger partial charge in [-0.25, -0.2) is 19.9 Å². The van der Waals surface area contributed by atoms with Crippen molar-refractivity contribution in [3.05, 3.63) is 78.6 Å². The number of hydrogen-bond acceptors (Lipinski definition) is 6. The smallest absolute Gasteiger partial charge is 0.222 e. The molecule has 0 radical (unpaired) electrons. The van der Waals surface area contributed by atoms with Crippen LogP contribution >= 0.6 is 0 Å².